The number of hydrogen-bond acceptors (Lipinski definition) is 2. The van der Waals surface area contributed by atoms with Crippen molar-refractivity contribution in [2.75, 3.05) is 5.32 Å². The molecule has 1 N–H and O–H groups in total. The smallest absolute Gasteiger partial charge is 0.246 e. The molecule has 0 aliphatic heterocycles. The summed E-state index contributed by atoms with van der Waals surface area (Å²) >= 11 is 7.39. The first-order chi connectivity index (χ1) is 18.2. The lowest BCUT2D eigenvalue weighted by Crippen LogP contribution is -2.33. The van der Waals surface area contributed by atoms with Crippen LogP contribution >= 0.6 is 31.9 Å². The van der Waals surface area contributed by atoms with Crippen LogP contribution < -0.4 is 9.88 Å². The Morgan fingerprint density at radius 1 is 0.568 bits per heavy atom. The molecule has 5 heteroatoms. The van der Waals surface area contributed by atoms with Crippen LogP contribution in [-0.2, 0) is 0 Å². The number of para-hydroxylation sites is 2. The van der Waals surface area contributed by atoms with Crippen molar-refractivity contribution in [2.45, 2.75) is 0 Å². The van der Waals surface area contributed by atoms with Crippen molar-refractivity contribution in [3.63, 3.8) is 0 Å². The molecule has 0 saturated heterocycles. The van der Waals surface area contributed by atoms with Gasteiger partial charge in [-0.1, -0.05) is 74.3 Å². The average molecular weight is 606 g/mol. The molecule has 6 aromatic carbocycles. The molecular weight excluding hydrogens is 586 g/mol. The number of rotatable bonds is 3. The molecule has 7 rings (SSSR count). The summed E-state index contributed by atoms with van der Waals surface area (Å²) in [6, 6.07) is 40.2. The van der Waals surface area contributed by atoms with Crippen LogP contribution in [-0.4, -0.2) is 4.98 Å². The molecular formula is C32H20Br2N3+. The largest absolute Gasteiger partial charge is 0.355 e. The number of nitrogens with one attached hydrogen (secondary N) is 1. The molecule has 0 fully saturated rings. The maximum Gasteiger partial charge on any atom is 0.246 e. The highest BCUT2D eigenvalue weighted by Gasteiger charge is 2.24. The Kier molecular flexibility index (Phi) is 5.41. The van der Waals surface area contributed by atoms with Gasteiger partial charge in [0.25, 0.3) is 0 Å². The van der Waals surface area contributed by atoms with E-state index in [0.717, 1.165) is 58.8 Å². The number of anilines is 2. The SMILES string of the molecule is Brc1ccc2c(c1)c1cc(Br)ccc1c1c2nc2cc(Nc3ccccc3)ccc2[n+]1-c1ccccc1. The van der Waals surface area contributed by atoms with Crippen LogP contribution in [0.5, 0.6) is 0 Å². The Balaban J connectivity index is 1.65. The molecule has 0 saturated carbocycles. The normalized spacial score (nSPS) is 11.5. The lowest BCUT2D eigenvalue weighted by molar-refractivity contribution is -0.537. The van der Waals surface area contributed by atoms with Gasteiger partial charge >= 0.3 is 0 Å². The van der Waals surface area contributed by atoms with E-state index in [-0.39, 0.29) is 0 Å². The summed E-state index contributed by atoms with van der Waals surface area (Å²) in [5.41, 5.74) is 7.21. The first-order valence-corrected chi connectivity index (χ1v) is 13.6. The summed E-state index contributed by atoms with van der Waals surface area (Å²) in [7, 11) is 0. The maximum atomic E-state index is 5.31. The number of hydrogen-bond donors (Lipinski definition) is 1. The molecule has 176 valence electrons. The number of nitrogens with zero attached hydrogens (tertiary/aromatic N) is 2. The van der Waals surface area contributed by atoms with Crippen molar-refractivity contribution < 1.29 is 4.57 Å². The van der Waals surface area contributed by atoms with E-state index in [0.29, 0.717) is 0 Å². The van der Waals surface area contributed by atoms with E-state index in [1.165, 1.54) is 10.8 Å². The fourth-order valence-corrected chi connectivity index (χ4v) is 5.86. The van der Waals surface area contributed by atoms with E-state index in [9.17, 15) is 0 Å². The zero-order chi connectivity index (χ0) is 24.9. The van der Waals surface area contributed by atoms with Gasteiger partial charge in [-0.25, -0.2) is 4.98 Å². The molecule has 0 atom stereocenters. The monoisotopic (exact) mass is 604 g/mol. The zero-order valence-electron chi connectivity index (χ0n) is 19.6. The average Bonchev–Trinajstić information content (AvgIpc) is 2.93. The first kappa shape index (κ1) is 22.4. The predicted octanol–water partition coefficient (Wildman–Crippen LogP) is 9.24. The van der Waals surface area contributed by atoms with E-state index >= 15 is 0 Å². The third-order valence-electron chi connectivity index (χ3n) is 6.74. The van der Waals surface area contributed by atoms with E-state index in [2.05, 4.69) is 139 Å². The molecule has 7 aromatic rings. The minimum absolute atomic E-state index is 0.929. The zero-order valence-corrected chi connectivity index (χ0v) is 22.8. The number of fused-ring (bicyclic) bond motifs is 7. The molecule has 0 amide bonds. The topological polar surface area (TPSA) is 28.8 Å². The molecule has 0 aliphatic carbocycles. The van der Waals surface area contributed by atoms with Crippen LogP contribution in [0.4, 0.5) is 11.4 Å². The quantitative estimate of drug-likeness (QED) is 0.123. The first-order valence-electron chi connectivity index (χ1n) is 12.0. The maximum absolute atomic E-state index is 5.31. The van der Waals surface area contributed by atoms with Gasteiger partial charge in [0.05, 0.1) is 5.39 Å². The second-order valence-corrected chi connectivity index (χ2v) is 10.9. The molecule has 0 spiro atoms. The molecule has 37 heavy (non-hydrogen) atoms. The summed E-state index contributed by atoms with van der Waals surface area (Å²) in [4.78, 5) is 5.31. The summed E-state index contributed by atoms with van der Waals surface area (Å²) in [6.45, 7) is 0. The van der Waals surface area contributed by atoms with Crippen molar-refractivity contribution in [1.82, 2.24) is 4.98 Å². The van der Waals surface area contributed by atoms with E-state index in [1.54, 1.807) is 0 Å². The van der Waals surface area contributed by atoms with Crippen molar-refractivity contribution >= 4 is 86.8 Å². The van der Waals surface area contributed by atoms with Crippen LogP contribution in [0, 0.1) is 0 Å². The highest BCUT2D eigenvalue weighted by atomic mass is 79.9. The second-order valence-electron chi connectivity index (χ2n) is 9.05. The summed E-state index contributed by atoms with van der Waals surface area (Å²) in [6.07, 6.45) is 0. The standard InChI is InChI=1S/C32H20Br2N3/c33-20-11-14-25-27(17-20)28-18-21(34)12-15-26(28)32-31(25)36-29-19-23(35-22-7-3-1-4-8-22)13-16-30(29)37(32)24-9-5-2-6-10-24/h1-19,35H/q+1. The Morgan fingerprint density at radius 2 is 1.22 bits per heavy atom. The Labute approximate surface area is 230 Å². The van der Waals surface area contributed by atoms with E-state index in [1.807, 2.05) is 18.2 Å². The van der Waals surface area contributed by atoms with Crippen LogP contribution in [0.2, 0.25) is 0 Å². The summed E-state index contributed by atoms with van der Waals surface area (Å²) < 4.78 is 4.45. The van der Waals surface area contributed by atoms with Gasteiger partial charge in [-0.3, -0.25) is 0 Å². The predicted molar refractivity (Wildman–Crippen MR) is 161 cm³/mol. The summed E-state index contributed by atoms with van der Waals surface area (Å²) in [5.74, 6) is 0. The van der Waals surface area contributed by atoms with E-state index < -0.39 is 0 Å². The fraction of sp³-hybridized carbons (Fsp3) is 0. The van der Waals surface area contributed by atoms with Crippen molar-refractivity contribution in [3.05, 3.63) is 124 Å². The van der Waals surface area contributed by atoms with Crippen molar-refractivity contribution in [3.8, 4) is 5.69 Å². The van der Waals surface area contributed by atoms with Gasteiger partial charge < -0.3 is 5.32 Å². The Hall–Kier alpha value is -3.80. The van der Waals surface area contributed by atoms with Crippen molar-refractivity contribution in [2.24, 2.45) is 0 Å². The second kappa shape index (κ2) is 8.94. The minimum atomic E-state index is 0.929. The van der Waals surface area contributed by atoms with Crippen LogP contribution in [0.25, 0.3) is 49.3 Å². The number of halogens is 2. The van der Waals surface area contributed by atoms with Gasteiger partial charge in [0.1, 0.15) is 11.0 Å². The molecule has 3 nitrogen and oxygen atoms in total. The van der Waals surface area contributed by atoms with Crippen LogP contribution in [0.3, 0.4) is 0 Å². The van der Waals surface area contributed by atoms with E-state index in [4.69, 9.17) is 4.98 Å². The van der Waals surface area contributed by atoms with Gasteiger partial charge in [0.15, 0.2) is 0 Å². The minimum Gasteiger partial charge on any atom is -0.355 e. The number of benzene rings is 6. The van der Waals surface area contributed by atoms with Crippen molar-refractivity contribution in [1.29, 1.82) is 0 Å². The third kappa shape index (κ3) is 3.86. The van der Waals surface area contributed by atoms with Gasteiger partial charge in [-0.15, -0.1) is 4.57 Å². The van der Waals surface area contributed by atoms with Gasteiger partial charge in [0, 0.05) is 43.9 Å². The third-order valence-corrected chi connectivity index (χ3v) is 7.72. The molecule has 0 unspecified atom stereocenters. The highest BCUT2D eigenvalue weighted by molar-refractivity contribution is 9.10. The Bertz CT molecular complexity index is 1970. The Morgan fingerprint density at radius 3 is 1.95 bits per heavy atom. The van der Waals surface area contributed by atoms with Crippen LogP contribution in [0.1, 0.15) is 0 Å². The molecule has 0 radical (unpaired) electrons. The van der Waals surface area contributed by atoms with Crippen LogP contribution in [0.15, 0.2) is 124 Å². The van der Waals surface area contributed by atoms with Gasteiger partial charge in [0.2, 0.25) is 16.7 Å². The number of aromatic nitrogens is 2. The summed E-state index contributed by atoms with van der Waals surface area (Å²) in [5, 5.41) is 8.16. The molecule has 1 aromatic heterocycles. The lowest BCUT2D eigenvalue weighted by Gasteiger charge is -2.13. The van der Waals surface area contributed by atoms with Gasteiger partial charge in [-0.05, 0) is 65.4 Å². The molecule has 0 bridgehead atoms. The molecule has 1 heterocycles. The highest BCUT2D eigenvalue weighted by Crippen LogP contribution is 2.37. The molecule has 0 aliphatic rings. The van der Waals surface area contributed by atoms with Gasteiger partial charge in [-0.2, -0.15) is 0 Å². The lowest BCUT2D eigenvalue weighted by atomic mass is 9.98. The fourth-order valence-electron chi connectivity index (χ4n) is 5.14.